The maximum absolute atomic E-state index is 12.3. The third-order valence-electron chi connectivity index (χ3n) is 3.56. The van der Waals surface area contributed by atoms with Crippen LogP contribution in [-0.2, 0) is 9.53 Å². The fourth-order valence-electron chi connectivity index (χ4n) is 2.40. The van der Waals surface area contributed by atoms with Crippen LogP contribution in [0.4, 0.5) is 0 Å². The molecule has 22 heavy (non-hydrogen) atoms. The maximum atomic E-state index is 12.3. The van der Waals surface area contributed by atoms with Gasteiger partial charge in [-0.05, 0) is 25.8 Å². The third-order valence-corrected chi connectivity index (χ3v) is 4.35. The third kappa shape index (κ3) is 3.66. The Kier molecular flexibility index (Phi) is 5.55. The Labute approximate surface area is 139 Å². The Hall–Kier alpha value is -1.01. The van der Waals surface area contributed by atoms with Crippen LogP contribution in [0, 0.1) is 0 Å². The molecule has 7 heteroatoms. The topological polar surface area (TPSA) is 67.8 Å². The fourth-order valence-corrected chi connectivity index (χ4v) is 2.77. The van der Waals surface area contributed by atoms with Crippen LogP contribution in [0.15, 0.2) is 12.1 Å². The zero-order chi connectivity index (χ0) is 16.3. The molecule has 1 aliphatic rings. The first kappa shape index (κ1) is 17.3. The van der Waals surface area contributed by atoms with E-state index in [1.165, 1.54) is 14.0 Å². The highest BCUT2D eigenvalue weighted by Gasteiger charge is 2.33. The summed E-state index contributed by atoms with van der Waals surface area (Å²) in [7, 11) is 1.43. The SMILES string of the molecule is COC[C@@](C)(O)C(=O)N[C@H]1CCCOc2c1ccc(Cl)c2Cl. The van der Waals surface area contributed by atoms with E-state index in [9.17, 15) is 9.90 Å². The van der Waals surface area contributed by atoms with Gasteiger partial charge in [-0.25, -0.2) is 0 Å². The molecule has 1 heterocycles. The molecule has 0 spiro atoms. The van der Waals surface area contributed by atoms with E-state index in [-0.39, 0.29) is 12.6 Å². The lowest BCUT2D eigenvalue weighted by Gasteiger charge is -2.26. The van der Waals surface area contributed by atoms with Crippen LogP contribution >= 0.6 is 23.2 Å². The van der Waals surface area contributed by atoms with Crippen molar-refractivity contribution in [3.63, 3.8) is 0 Å². The van der Waals surface area contributed by atoms with E-state index < -0.39 is 11.5 Å². The van der Waals surface area contributed by atoms with Gasteiger partial charge in [0.15, 0.2) is 5.60 Å². The normalized spacial score (nSPS) is 20.3. The molecule has 5 nitrogen and oxygen atoms in total. The first-order valence-electron chi connectivity index (χ1n) is 7.00. The van der Waals surface area contributed by atoms with Crippen molar-refractivity contribution in [3.05, 3.63) is 27.7 Å². The number of fused-ring (bicyclic) bond motifs is 1. The Morgan fingerprint density at radius 3 is 2.95 bits per heavy atom. The van der Waals surface area contributed by atoms with Crippen LogP contribution in [0.2, 0.25) is 10.0 Å². The molecule has 0 saturated carbocycles. The zero-order valence-corrected chi connectivity index (χ0v) is 14.0. The van der Waals surface area contributed by atoms with Gasteiger partial charge in [-0.1, -0.05) is 29.3 Å². The molecule has 0 unspecified atom stereocenters. The molecule has 1 aromatic rings. The monoisotopic (exact) mass is 347 g/mol. The summed E-state index contributed by atoms with van der Waals surface area (Å²) in [5.74, 6) is -0.0124. The van der Waals surface area contributed by atoms with Crippen molar-refractivity contribution in [2.75, 3.05) is 20.3 Å². The number of aliphatic hydroxyl groups is 1. The summed E-state index contributed by atoms with van der Waals surface area (Å²) >= 11 is 12.2. The summed E-state index contributed by atoms with van der Waals surface area (Å²) in [6, 6.07) is 3.15. The van der Waals surface area contributed by atoms with Gasteiger partial charge in [-0.3, -0.25) is 4.79 Å². The van der Waals surface area contributed by atoms with Gasteiger partial charge in [0.2, 0.25) is 0 Å². The minimum absolute atomic E-state index is 0.0870. The van der Waals surface area contributed by atoms with Gasteiger partial charge in [0.05, 0.1) is 24.3 Å². The summed E-state index contributed by atoms with van der Waals surface area (Å²) in [5, 5.41) is 13.7. The van der Waals surface area contributed by atoms with Crippen molar-refractivity contribution in [1.29, 1.82) is 0 Å². The Morgan fingerprint density at radius 1 is 1.55 bits per heavy atom. The smallest absolute Gasteiger partial charge is 0.254 e. The van der Waals surface area contributed by atoms with Crippen LogP contribution in [0.25, 0.3) is 0 Å². The fraction of sp³-hybridized carbons (Fsp3) is 0.533. The maximum Gasteiger partial charge on any atom is 0.254 e. The van der Waals surface area contributed by atoms with E-state index in [0.29, 0.717) is 28.8 Å². The molecule has 2 atom stereocenters. The number of ether oxygens (including phenoxy) is 2. The second-order valence-electron chi connectivity index (χ2n) is 5.50. The molecule has 1 aliphatic heterocycles. The van der Waals surface area contributed by atoms with Crippen LogP contribution in [-0.4, -0.2) is 36.9 Å². The van der Waals surface area contributed by atoms with Crippen molar-refractivity contribution in [1.82, 2.24) is 5.32 Å². The van der Waals surface area contributed by atoms with Crippen molar-refractivity contribution >= 4 is 29.1 Å². The minimum atomic E-state index is -1.60. The molecule has 0 radical (unpaired) electrons. The van der Waals surface area contributed by atoms with Crippen molar-refractivity contribution < 1.29 is 19.4 Å². The number of hydrogen-bond donors (Lipinski definition) is 2. The van der Waals surface area contributed by atoms with E-state index in [1.54, 1.807) is 12.1 Å². The second-order valence-corrected chi connectivity index (χ2v) is 6.29. The standard InChI is InChI=1S/C15H19Cl2NO4/c1-15(20,8-21-2)14(19)18-11-4-3-7-22-13-9(11)5-6-10(16)12(13)17/h5-6,11,20H,3-4,7-8H2,1-2H3,(H,18,19)/t11-,15+/m0/s1. The number of benzene rings is 1. The summed E-state index contributed by atoms with van der Waals surface area (Å²) in [6.45, 7) is 1.82. The first-order valence-corrected chi connectivity index (χ1v) is 7.75. The van der Waals surface area contributed by atoms with Gasteiger partial charge < -0.3 is 19.9 Å². The van der Waals surface area contributed by atoms with Gasteiger partial charge in [-0.2, -0.15) is 0 Å². The molecule has 2 rings (SSSR count). The average Bonchev–Trinajstić information content (AvgIpc) is 2.66. The average molecular weight is 348 g/mol. The van der Waals surface area contributed by atoms with Crippen LogP contribution in [0.1, 0.15) is 31.4 Å². The molecule has 0 saturated heterocycles. The second kappa shape index (κ2) is 7.04. The molecule has 0 aromatic heterocycles. The molecule has 1 amide bonds. The molecular formula is C15H19Cl2NO4. The van der Waals surface area contributed by atoms with Crippen LogP contribution < -0.4 is 10.1 Å². The number of halogens is 2. The van der Waals surface area contributed by atoms with Crippen molar-refractivity contribution in [2.45, 2.75) is 31.4 Å². The molecular weight excluding hydrogens is 329 g/mol. The van der Waals surface area contributed by atoms with Gasteiger partial charge in [0, 0.05) is 12.7 Å². The highest BCUT2D eigenvalue weighted by Crippen LogP contribution is 2.41. The largest absolute Gasteiger partial charge is 0.492 e. The lowest BCUT2D eigenvalue weighted by atomic mass is 10.00. The number of nitrogens with one attached hydrogen (secondary N) is 1. The molecule has 0 bridgehead atoms. The summed E-state index contributed by atoms with van der Waals surface area (Å²) in [5.41, 5.74) is -0.841. The summed E-state index contributed by atoms with van der Waals surface area (Å²) in [4.78, 5) is 12.3. The number of hydrogen-bond acceptors (Lipinski definition) is 4. The lowest BCUT2D eigenvalue weighted by Crippen LogP contribution is -2.48. The predicted molar refractivity (Wildman–Crippen MR) is 84.6 cm³/mol. The lowest BCUT2D eigenvalue weighted by molar-refractivity contribution is -0.143. The Morgan fingerprint density at radius 2 is 2.27 bits per heavy atom. The molecule has 1 aromatic carbocycles. The van der Waals surface area contributed by atoms with E-state index >= 15 is 0 Å². The first-order chi connectivity index (χ1) is 10.4. The number of carbonyl (C=O) groups excluding carboxylic acids is 1. The quantitative estimate of drug-likeness (QED) is 0.878. The minimum Gasteiger partial charge on any atom is -0.492 e. The Bertz CT molecular complexity index is 563. The number of amides is 1. The zero-order valence-electron chi connectivity index (χ0n) is 12.5. The highest BCUT2D eigenvalue weighted by molar-refractivity contribution is 6.43. The van der Waals surface area contributed by atoms with E-state index in [2.05, 4.69) is 5.32 Å². The van der Waals surface area contributed by atoms with Gasteiger partial charge >= 0.3 is 0 Å². The van der Waals surface area contributed by atoms with E-state index in [1.807, 2.05) is 0 Å². The van der Waals surface area contributed by atoms with Gasteiger partial charge in [-0.15, -0.1) is 0 Å². The summed E-state index contributed by atoms with van der Waals surface area (Å²) in [6.07, 6.45) is 1.43. The van der Waals surface area contributed by atoms with E-state index in [0.717, 1.165) is 12.0 Å². The van der Waals surface area contributed by atoms with Crippen LogP contribution in [0.5, 0.6) is 5.75 Å². The van der Waals surface area contributed by atoms with Gasteiger partial charge in [0.25, 0.3) is 5.91 Å². The van der Waals surface area contributed by atoms with Crippen molar-refractivity contribution in [3.8, 4) is 5.75 Å². The predicted octanol–water partition coefficient (Wildman–Crippen LogP) is 2.72. The number of rotatable bonds is 4. The molecule has 122 valence electrons. The van der Waals surface area contributed by atoms with Crippen LogP contribution in [0.3, 0.4) is 0 Å². The molecule has 0 fully saturated rings. The Balaban J connectivity index is 2.26. The van der Waals surface area contributed by atoms with Crippen molar-refractivity contribution in [2.24, 2.45) is 0 Å². The molecule has 2 N–H and O–H groups in total. The number of carbonyl (C=O) groups is 1. The van der Waals surface area contributed by atoms with Gasteiger partial charge in [0.1, 0.15) is 10.8 Å². The molecule has 0 aliphatic carbocycles. The summed E-state index contributed by atoms with van der Waals surface area (Å²) < 4.78 is 10.5. The number of methoxy groups -OCH3 is 1. The van der Waals surface area contributed by atoms with E-state index in [4.69, 9.17) is 32.7 Å². The highest BCUT2D eigenvalue weighted by atomic mass is 35.5.